The van der Waals surface area contributed by atoms with Gasteiger partial charge in [0.25, 0.3) is 0 Å². The van der Waals surface area contributed by atoms with Gasteiger partial charge in [-0.3, -0.25) is 4.79 Å². The van der Waals surface area contributed by atoms with E-state index in [1.165, 1.54) is 6.07 Å². The Hall–Kier alpha value is -2.20. The van der Waals surface area contributed by atoms with Gasteiger partial charge >= 0.3 is 0 Å². The molecular formula is C18H21F2N3O2. The van der Waals surface area contributed by atoms with Crippen molar-refractivity contribution >= 4 is 11.6 Å². The summed E-state index contributed by atoms with van der Waals surface area (Å²) in [6.45, 7) is 0.602. The highest BCUT2D eigenvalue weighted by Crippen LogP contribution is 2.41. The zero-order valence-corrected chi connectivity index (χ0v) is 13.8. The molecule has 1 aromatic carbocycles. The van der Waals surface area contributed by atoms with E-state index in [2.05, 4.69) is 5.32 Å². The third-order valence-electron chi connectivity index (χ3n) is 5.06. The molecule has 2 N–H and O–H groups in total. The maximum Gasteiger partial charge on any atom is 0.223 e. The zero-order chi connectivity index (χ0) is 18.0. The van der Waals surface area contributed by atoms with Gasteiger partial charge in [0.1, 0.15) is 11.5 Å². The molecule has 1 unspecified atom stereocenters. The lowest BCUT2D eigenvalue weighted by molar-refractivity contribution is -0.137. The highest BCUT2D eigenvalue weighted by Gasteiger charge is 2.48. The van der Waals surface area contributed by atoms with Crippen molar-refractivity contribution in [2.24, 2.45) is 5.92 Å². The number of rotatable bonds is 4. The molecule has 0 aromatic heterocycles. The second-order valence-electron chi connectivity index (χ2n) is 6.99. The average Bonchev–Trinajstić information content (AvgIpc) is 2.58. The number of aliphatic hydroxyl groups excluding tert-OH is 1. The number of hydrogen-bond donors (Lipinski definition) is 2. The molecule has 0 radical (unpaired) electrons. The van der Waals surface area contributed by atoms with Gasteiger partial charge in [0, 0.05) is 25.0 Å². The van der Waals surface area contributed by atoms with E-state index in [0.717, 1.165) is 12.8 Å². The molecule has 3 rings (SSSR count). The van der Waals surface area contributed by atoms with Gasteiger partial charge in [0.05, 0.1) is 23.9 Å². The van der Waals surface area contributed by atoms with Gasteiger partial charge in [-0.05, 0) is 43.9 Å². The SMILES string of the molecule is N#Cc1ccc(N2CCCC(NC(=O)C3CC(F)(CO)C3)C2)c(F)c1. The van der Waals surface area contributed by atoms with E-state index in [1.807, 2.05) is 11.0 Å². The quantitative estimate of drug-likeness (QED) is 0.870. The summed E-state index contributed by atoms with van der Waals surface area (Å²) < 4.78 is 27.9. The molecule has 134 valence electrons. The molecule has 25 heavy (non-hydrogen) atoms. The lowest BCUT2D eigenvalue weighted by atomic mass is 9.72. The van der Waals surface area contributed by atoms with E-state index in [0.29, 0.717) is 18.8 Å². The summed E-state index contributed by atoms with van der Waals surface area (Å²) in [4.78, 5) is 14.1. The number of halogens is 2. The fraction of sp³-hybridized carbons (Fsp3) is 0.556. The van der Waals surface area contributed by atoms with Crippen LogP contribution in [0.25, 0.3) is 0 Å². The molecule has 1 amide bonds. The molecule has 1 aliphatic carbocycles. The van der Waals surface area contributed by atoms with Crippen LogP contribution in [-0.4, -0.2) is 42.4 Å². The predicted octanol–water partition coefficient (Wildman–Crippen LogP) is 1.89. The largest absolute Gasteiger partial charge is 0.393 e. The van der Waals surface area contributed by atoms with Gasteiger partial charge in [-0.25, -0.2) is 8.78 Å². The molecule has 5 nitrogen and oxygen atoms in total. The van der Waals surface area contributed by atoms with Crippen molar-refractivity contribution in [3.05, 3.63) is 29.6 Å². The first-order valence-corrected chi connectivity index (χ1v) is 8.49. The molecule has 0 spiro atoms. The van der Waals surface area contributed by atoms with Crippen LogP contribution in [0.4, 0.5) is 14.5 Å². The molecule has 1 aromatic rings. The number of benzene rings is 1. The first-order valence-electron chi connectivity index (χ1n) is 8.49. The number of aliphatic hydroxyl groups is 1. The summed E-state index contributed by atoms with van der Waals surface area (Å²) in [5.41, 5.74) is -0.928. The Balaban J connectivity index is 1.58. The van der Waals surface area contributed by atoms with Crippen molar-refractivity contribution in [1.29, 1.82) is 5.26 Å². The van der Waals surface area contributed by atoms with E-state index in [1.54, 1.807) is 12.1 Å². The number of carbonyl (C=O) groups excluding carboxylic acids is 1. The van der Waals surface area contributed by atoms with E-state index in [9.17, 15) is 13.6 Å². The number of nitrogens with one attached hydrogen (secondary N) is 1. The predicted molar refractivity (Wildman–Crippen MR) is 88.1 cm³/mol. The van der Waals surface area contributed by atoms with E-state index in [4.69, 9.17) is 10.4 Å². The maximum atomic E-state index is 14.2. The molecule has 1 saturated carbocycles. The number of amides is 1. The van der Waals surface area contributed by atoms with E-state index >= 15 is 0 Å². The number of piperidine rings is 1. The highest BCUT2D eigenvalue weighted by molar-refractivity contribution is 5.80. The number of hydrogen-bond acceptors (Lipinski definition) is 4. The summed E-state index contributed by atoms with van der Waals surface area (Å²) >= 11 is 0. The minimum Gasteiger partial charge on any atom is -0.393 e. The third kappa shape index (κ3) is 3.74. The number of nitriles is 1. The Morgan fingerprint density at radius 3 is 2.88 bits per heavy atom. The van der Waals surface area contributed by atoms with Gasteiger partial charge in [-0.1, -0.05) is 0 Å². The topological polar surface area (TPSA) is 76.4 Å². The monoisotopic (exact) mass is 349 g/mol. The van der Waals surface area contributed by atoms with Crippen LogP contribution >= 0.6 is 0 Å². The average molecular weight is 349 g/mol. The van der Waals surface area contributed by atoms with Gasteiger partial charge in [0.2, 0.25) is 5.91 Å². The van der Waals surface area contributed by atoms with Crippen LogP contribution in [0, 0.1) is 23.1 Å². The Kier molecular flexibility index (Phi) is 4.91. The first kappa shape index (κ1) is 17.6. The minimum atomic E-state index is -1.62. The van der Waals surface area contributed by atoms with Crippen molar-refractivity contribution in [3.63, 3.8) is 0 Å². The van der Waals surface area contributed by atoms with Crippen LogP contribution in [0.3, 0.4) is 0 Å². The molecule has 2 fully saturated rings. The summed E-state index contributed by atoms with van der Waals surface area (Å²) in [5, 5.41) is 20.7. The Morgan fingerprint density at radius 2 is 2.24 bits per heavy atom. The van der Waals surface area contributed by atoms with E-state index < -0.39 is 24.0 Å². The van der Waals surface area contributed by atoms with Gasteiger partial charge in [-0.15, -0.1) is 0 Å². The van der Waals surface area contributed by atoms with Gasteiger partial charge in [-0.2, -0.15) is 5.26 Å². The van der Waals surface area contributed by atoms with Crippen LogP contribution < -0.4 is 10.2 Å². The standard InChI is InChI=1S/C18H21F2N3O2/c19-15-6-12(9-21)3-4-16(15)23-5-1-2-14(10-23)22-17(25)13-7-18(20,8-13)11-24/h3-4,6,13-14,24H,1-2,5,7-8,10-11H2,(H,22,25). The normalized spacial score (nSPS) is 28.8. The second kappa shape index (κ2) is 6.96. The Labute approximate surface area is 145 Å². The number of alkyl halides is 1. The van der Waals surface area contributed by atoms with E-state index in [-0.39, 0.29) is 30.4 Å². The van der Waals surface area contributed by atoms with Crippen LogP contribution in [-0.2, 0) is 4.79 Å². The highest BCUT2D eigenvalue weighted by atomic mass is 19.1. The molecule has 2 aliphatic rings. The van der Waals surface area contributed by atoms with Crippen LogP contribution in [0.2, 0.25) is 0 Å². The lowest BCUT2D eigenvalue weighted by Crippen LogP contribution is -2.54. The lowest BCUT2D eigenvalue weighted by Gasteiger charge is -2.41. The van der Waals surface area contributed by atoms with Crippen LogP contribution in [0.1, 0.15) is 31.2 Å². The molecule has 1 saturated heterocycles. The van der Waals surface area contributed by atoms with Crippen molar-refractivity contribution in [1.82, 2.24) is 5.32 Å². The number of anilines is 1. The Morgan fingerprint density at radius 1 is 1.48 bits per heavy atom. The molecule has 1 aliphatic heterocycles. The van der Waals surface area contributed by atoms with Gasteiger partial charge in [0.15, 0.2) is 0 Å². The van der Waals surface area contributed by atoms with Crippen LogP contribution in [0.15, 0.2) is 18.2 Å². The fourth-order valence-electron chi connectivity index (χ4n) is 3.60. The summed E-state index contributed by atoms with van der Waals surface area (Å²) in [6.07, 6.45) is 1.69. The van der Waals surface area contributed by atoms with Crippen molar-refractivity contribution in [3.8, 4) is 6.07 Å². The number of nitrogens with zero attached hydrogens (tertiary/aromatic N) is 2. The molecule has 7 heteroatoms. The minimum absolute atomic E-state index is 0.0516. The van der Waals surface area contributed by atoms with Gasteiger partial charge < -0.3 is 15.3 Å². The summed E-state index contributed by atoms with van der Waals surface area (Å²) in [7, 11) is 0. The van der Waals surface area contributed by atoms with Crippen molar-refractivity contribution in [2.45, 2.75) is 37.4 Å². The maximum absolute atomic E-state index is 14.2. The molecule has 0 bridgehead atoms. The van der Waals surface area contributed by atoms with Crippen molar-refractivity contribution < 1.29 is 18.7 Å². The summed E-state index contributed by atoms with van der Waals surface area (Å²) in [6, 6.07) is 6.15. The summed E-state index contributed by atoms with van der Waals surface area (Å²) in [5.74, 6) is -1.05. The Bertz CT molecular complexity index is 698. The van der Waals surface area contributed by atoms with Crippen molar-refractivity contribution in [2.75, 3.05) is 24.6 Å². The molecular weight excluding hydrogens is 328 g/mol. The smallest absolute Gasteiger partial charge is 0.223 e. The third-order valence-corrected chi connectivity index (χ3v) is 5.06. The molecule has 1 heterocycles. The van der Waals surface area contributed by atoms with Crippen LogP contribution in [0.5, 0.6) is 0 Å². The first-order chi connectivity index (χ1) is 11.9. The second-order valence-corrected chi connectivity index (χ2v) is 6.99. The fourth-order valence-corrected chi connectivity index (χ4v) is 3.60. The molecule has 1 atom stereocenters. The zero-order valence-electron chi connectivity index (χ0n) is 13.8. The number of carbonyl (C=O) groups is 1.